The number of aryl methyl sites for hydroxylation is 2. The average Bonchev–Trinajstić information content (AvgIpc) is 2.87. The van der Waals surface area contributed by atoms with Gasteiger partial charge >= 0.3 is 6.61 Å². The van der Waals surface area contributed by atoms with Crippen molar-refractivity contribution in [3.05, 3.63) is 76.0 Å². The third-order valence-electron chi connectivity index (χ3n) is 6.26. The summed E-state index contributed by atoms with van der Waals surface area (Å²) in [6, 6.07) is 6.67. The minimum Gasteiger partial charge on any atom is -0.415 e. The van der Waals surface area contributed by atoms with Crippen LogP contribution >= 0.6 is 0 Å². The summed E-state index contributed by atoms with van der Waals surface area (Å²) in [5, 5.41) is 0. The molecule has 0 amide bonds. The number of pyridine rings is 1. The van der Waals surface area contributed by atoms with Crippen molar-refractivity contribution >= 4 is 22.5 Å². The first-order chi connectivity index (χ1) is 17.8. The molecule has 0 unspecified atom stereocenters. The fourth-order valence-electron chi connectivity index (χ4n) is 4.56. The minimum atomic E-state index is -3.09. The second kappa shape index (κ2) is 10.0. The molecule has 1 aliphatic rings. The highest BCUT2D eigenvalue weighted by atomic mass is 19.3. The van der Waals surface area contributed by atoms with Crippen LogP contribution in [0, 0.1) is 19.7 Å². The van der Waals surface area contributed by atoms with Gasteiger partial charge in [-0.3, -0.25) is 19.3 Å². The van der Waals surface area contributed by atoms with Crippen LogP contribution in [0.3, 0.4) is 0 Å². The number of halogens is 3. The Hall–Kier alpha value is -4.22. The van der Waals surface area contributed by atoms with Crippen LogP contribution in [-0.2, 0) is 6.54 Å². The van der Waals surface area contributed by atoms with E-state index in [0.717, 1.165) is 5.56 Å². The Bertz CT molecular complexity index is 1480. The van der Waals surface area contributed by atoms with E-state index in [2.05, 4.69) is 24.7 Å². The van der Waals surface area contributed by atoms with Crippen molar-refractivity contribution in [2.45, 2.75) is 27.0 Å². The van der Waals surface area contributed by atoms with Crippen LogP contribution in [0.2, 0.25) is 0 Å². The van der Waals surface area contributed by atoms with Crippen LogP contribution in [0.4, 0.5) is 24.5 Å². The molecule has 1 aromatic carbocycles. The molecule has 0 aliphatic carbocycles. The molecule has 0 bridgehead atoms. The molecule has 1 aliphatic heterocycles. The summed E-state index contributed by atoms with van der Waals surface area (Å²) < 4.78 is 46.2. The van der Waals surface area contributed by atoms with Crippen LogP contribution in [-0.4, -0.2) is 57.3 Å². The molecule has 37 heavy (non-hydrogen) atoms. The zero-order chi connectivity index (χ0) is 26.1. The molecule has 0 atom stereocenters. The number of aromatic nitrogens is 5. The van der Waals surface area contributed by atoms with Gasteiger partial charge in [0.2, 0.25) is 5.88 Å². The fourth-order valence-corrected chi connectivity index (χ4v) is 4.56. The van der Waals surface area contributed by atoms with Crippen molar-refractivity contribution < 1.29 is 17.9 Å². The molecule has 4 heterocycles. The standard InChI is InChI=1S/C25H24F3N7O2/c1-15-4-3-5-17(26)21(15)34-10-8-33(9-11-34)20-12-18-22(32-16(2)13-31-18)35(24(20)36)14-19-23(37-25(27)28)30-7-6-29-19/h3-7,12-13,25H,8-11,14H2,1-2H3. The van der Waals surface area contributed by atoms with Gasteiger partial charge in [0.25, 0.3) is 5.56 Å². The molecule has 12 heteroatoms. The van der Waals surface area contributed by atoms with Crippen molar-refractivity contribution in [1.82, 2.24) is 24.5 Å². The van der Waals surface area contributed by atoms with E-state index < -0.39 is 6.61 Å². The van der Waals surface area contributed by atoms with E-state index in [1.165, 1.54) is 23.0 Å². The Kier molecular flexibility index (Phi) is 6.64. The summed E-state index contributed by atoms with van der Waals surface area (Å²) in [7, 11) is 0. The molecule has 3 aromatic heterocycles. The molecular formula is C25H24F3N7O2. The third kappa shape index (κ3) is 4.91. The lowest BCUT2D eigenvalue weighted by molar-refractivity contribution is -0.0538. The van der Waals surface area contributed by atoms with Crippen LogP contribution in [0.5, 0.6) is 5.88 Å². The molecular weight excluding hydrogens is 487 g/mol. The van der Waals surface area contributed by atoms with E-state index in [1.807, 2.05) is 22.8 Å². The van der Waals surface area contributed by atoms with Gasteiger partial charge in [-0.15, -0.1) is 0 Å². The number of ether oxygens (including phenoxy) is 1. The van der Waals surface area contributed by atoms with Crippen LogP contribution in [0.25, 0.3) is 11.2 Å². The zero-order valence-corrected chi connectivity index (χ0v) is 20.2. The van der Waals surface area contributed by atoms with Gasteiger partial charge in [0.15, 0.2) is 5.65 Å². The lowest BCUT2D eigenvalue weighted by Gasteiger charge is -2.37. The summed E-state index contributed by atoms with van der Waals surface area (Å²) >= 11 is 0. The second-order valence-electron chi connectivity index (χ2n) is 8.71. The van der Waals surface area contributed by atoms with Gasteiger partial charge in [-0.25, -0.2) is 14.4 Å². The van der Waals surface area contributed by atoms with Gasteiger partial charge in [-0.05, 0) is 31.5 Å². The van der Waals surface area contributed by atoms with Crippen molar-refractivity contribution in [1.29, 1.82) is 0 Å². The number of hydrogen-bond donors (Lipinski definition) is 0. The molecule has 0 saturated carbocycles. The first-order valence-corrected chi connectivity index (χ1v) is 11.7. The van der Waals surface area contributed by atoms with Gasteiger partial charge in [0.1, 0.15) is 22.7 Å². The largest absolute Gasteiger partial charge is 0.415 e. The van der Waals surface area contributed by atoms with E-state index >= 15 is 0 Å². The van der Waals surface area contributed by atoms with Gasteiger partial charge in [0.05, 0.1) is 17.9 Å². The molecule has 0 N–H and O–H groups in total. The topological polar surface area (TPSA) is 89.3 Å². The van der Waals surface area contributed by atoms with Crippen molar-refractivity contribution in [2.75, 3.05) is 36.0 Å². The number of nitrogens with zero attached hydrogens (tertiary/aromatic N) is 7. The smallest absolute Gasteiger partial charge is 0.388 e. The van der Waals surface area contributed by atoms with Crippen molar-refractivity contribution in [2.24, 2.45) is 0 Å². The Labute approximate surface area is 210 Å². The normalized spacial score (nSPS) is 14.0. The highest BCUT2D eigenvalue weighted by molar-refractivity contribution is 5.75. The maximum atomic E-state index is 14.5. The molecule has 9 nitrogen and oxygen atoms in total. The van der Waals surface area contributed by atoms with E-state index in [-0.39, 0.29) is 29.5 Å². The Morgan fingerprint density at radius 1 is 1.03 bits per heavy atom. The summed E-state index contributed by atoms with van der Waals surface area (Å²) in [6.45, 7) is 2.29. The van der Waals surface area contributed by atoms with E-state index in [0.29, 0.717) is 54.4 Å². The monoisotopic (exact) mass is 511 g/mol. The van der Waals surface area contributed by atoms with Crippen molar-refractivity contribution in [3.8, 4) is 5.88 Å². The molecule has 0 radical (unpaired) electrons. The van der Waals surface area contributed by atoms with E-state index in [9.17, 15) is 18.0 Å². The number of fused-ring (bicyclic) bond motifs is 1. The lowest BCUT2D eigenvalue weighted by Crippen LogP contribution is -2.49. The highest BCUT2D eigenvalue weighted by Gasteiger charge is 2.25. The first kappa shape index (κ1) is 24.5. The predicted molar refractivity (Wildman–Crippen MR) is 132 cm³/mol. The Morgan fingerprint density at radius 2 is 1.76 bits per heavy atom. The van der Waals surface area contributed by atoms with E-state index in [4.69, 9.17) is 0 Å². The molecule has 0 spiro atoms. The number of piperazine rings is 1. The molecule has 5 rings (SSSR count). The van der Waals surface area contributed by atoms with Gasteiger partial charge in [-0.1, -0.05) is 12.1 Å². The van der Waals surface area contributed by atoms with E-state index in [1.54, 1.807) is 25.3 Å². The first-order valence-electron chi connectivity index (χ1n) is 11.7. The Balaban J connectivity index is 1.51. The van der Waals surface area contributed by atoms with Gasteiger partial charge in [0, 0.05) is 44.8 Å². The maximum Gasteiger partial charge on any atom is 0.388 e. The SMILES string of the molecule is Cc1cnc2cc(N3CCN(c4c(C)cccc4F)CC3)c(=O)n(Cc3nccnc3OC(F)F)c2n1. The number of anilines is 2. The molecule has 4 aromatic rings. The summed E-state index contributed by atoms with van der Waals surface area (Å²) in [5.74, 6) is -0.643. The quantitative estimate of drug-likeness (QED) is 0.390. The number of rotatable bonds is 6. The fraction of sp³-hybridized carbons (Fsp3) is 0.320. The summed E-state index contributed by atoms with van der Waals surface area (Å²) in [4.78, 5) is 34.5. The van der Waals surface area contributed by atoms with Crippen molar-refractivity contribution in [3.63, 3.8) is 0 Å². The average molecular weight is 512 g/mol. The molecule has 192 valence electrons. The Morgan fingerprint density at radius 3 is 2.49 bits per heavy atom. The lowest BCUT2D eigenvalue weighted by atomic mass is 10.1. The number of benzene rings is 1. The minimum absolute atomic E-state index is 0.0616. The maximum absolute atomic E-state index is 14.5. The highest BCUT2D eigenvalue weighted by Crippen LogP contribution is 2.26. The zero-order valence-electron chi connectivity index (χ0n) is 20.2. The second-order valence-corrected chi connectivity index (χ2v) is 8.71. The predicted octanol–water partition coefficient (Wildman–Crippen LogP) is 3.31. The molecule has 1 saturated heterocycles. The van der Waals surface area contributed by atoms with Crippen LogP contribution < -0.4 is 20.1 Å². The number of alkyl halides is 2. The number of hydrogen-bond acceptors (Lipinski definition) is 8. The third-order valence-corrected chi connectivity index (χ3v) is 6.26. The van der Waals surface area contributed by atoms with Gasteiger partial charge < -0.3 is 14.5 Å². The van der Waals surface area contributed by atoms with Crippen LogP contribution in [0.15, 0.2) is 47.7 Å². The summed E-state index contributed by atoms with van der Waals surface area (Å²) in [5.41, 5.74) is 2.83. The molecule has 1 fully saturated rings. The summed E-state index contributed by atoms with van der Waals surface area (Å²) in [6.07, 6.45) is 4.16. The van der Waals surface area contributed by atoms with Crippen LogP contribution in [0.1, 0.15) is 17.0 Å². The number of para-hydroxylation sites is 1. The van der Waals surface area contributed by atoms with Gasteiger partial charge in [-0.2, -0.15) is 8.78 Å².